The maximum absolute atomic E-state index is 11.5. The van der Waals surface area contributed by atoms with Crippen molar-refractivity contribution in [3.63, 3.8) is 0 Å². The zero-order valence-electron chi connectivity index (χ0n) is 12.1. The smallest absolute Gasteiger partial charge is 0.312 e. The highest BCUT2D eigenvalue weighted by atomic mass is 16.4. The number of aliphatic carboxylic acids is 1. The molecule has 0 amide bonds. The quantitative estimate of drug-likeness (QED) is 0.928. The molecule has 0 fully saturated rings. The van der Waals surface area contributed by atoms with Crippen molar-refractivity contribution in [3.8, 4) is 0 Å². The Kier molecular flexibility index (Phi) is 3.75. The van der Waals surface area contributed by atoms with Crippen LogP contribution in [0.2, 0.25) is 0 Å². The largest absolute Gasteiger partial charge is 0.481 e. The number of carbonyl (C=O) groups is 1. The van der Waals surface area contributed by atoms with Crippen LogP contribution >= 0.6 is 0 Å². The van der Waals surface area contributed by atoms with Crippen LogP contribution in [0.3, 0.4) is 0 Å². The molecule has 1 unspecified atom stereocenters. The van der Waals surface area contributed by atoms with E-state index in [2.05, 4.69) is 10.00 Å². The maximum atomic E-state index is 11.5. The average molecular weight is 285 g/mol. The van der Waals surface area contributed by atoms with Gasteiger partial charge in [-0.25, -0.2) is 0 Å². The van der Waals surface area contributed by atoms with E-state index in [4.69, 9.17) is 0 Å². The molecule has 1 atom stereocenters. The van der Waals surface area contributed by atoms with Gasteiger partial charge in [0.05, 0.1) is 12.1 Å². The first-order valence-electron chi connectivity index (χ1n) is 7.14. The van der Waals surface area contributed by atoms with Gasteiger partial charge in [0.25, 0.3) is 0 Å². The number of fused-ring (bicyclic) bond motifs is 1. The highest BCUT2D eigenvalue weighted by molar-refractivity contribution is 5.77. The molecule has 1 aliphatic heterocycles. The summed E-state index contributed by atoms with van der Waals surface area (Å²) in [5.74, 6) is -1.17. The van der Waals surface area contributed by atoms with Gasteiger partial charge in [-0.15, -0.1) is 0 Å². The van der Waals surface area contributed by atoms with Gasteiger partial charge in [-0.05, 0) is 23.1 Å². The van der Waals surface area contributed by atoms with Crippen LogP contribution in [0.15, 0.2) is 36.7 Å². The number of rotatable bonds is 4. The van der Waals surface area contributed by atoms with Gasteiger partial charge < -0.3 is 5.11 Å². The fraction of sp³-hybridized carbons (Fsp3) is 0.375. The van der Waals surface area contributed by atoms with E-state index >= 15 is 0 Å². The van der Waals surface area contributed by atoms with Gasteiger partial charge in [0.15, 0.2) is 0 Å². The standard InChI is InChI=1S/C16H19N3O2/c1-18-9-12(8-17-18)6-7-19-10-13-4-2-3-5-14(13)15(11-19)16(20)21/h2-5,8-9,15H,6-7,10-11H2,1H3,(H,20,21). The molecule has 0 spiro atoms. The van der Waals surface area contributed by atoms with Crippen LogP contribution in [0.4, 0.5) is 0 Å². The van der Waals surface area contributed by atoms with Gasteiger partial charge in [0.1, 0.15) is 0 Å². The average Bonchev–Trinajstić information content (AvgIpc) is 2.89. The highest BCUT2D eigenvalue weighted by Crippen LogP contribution is 2.28. The minimum atomic E-state index is -0.742. The van der Waals surface area contributed by atoms with E-state index in [0.717, 1.165) is 30.6 Å². The number of carboxylic acid groups (broad SMARTS) is 1. The zero-order chi connectivity index (χ0) is 14.8. The lowest BCUT2D eigenvalue weighted by molar-refractivity contribution is -0.139. The summed E-state index contributed by atoms with van der Waals surface area (Å²) < 4.78 is 1.79. The SMILES string of the molecule is Cn1cc(CCN2Cc3ccccc3C(C(=O)O)C2)cn1. The Hall–Kier alpha value is -2.14. The summed E-state index contributed by atoms with van der Waals surface area (Å²) in [7, 11) is 1.90. The van der Waals surface area contributed by atoms with E-state index in [-0.39, 0.29) is 0 Å². The Labute approximate surface area is 123 Å². The van der Waals surface area contributed by atoms with E-state index in [1.54, 1.807) is 4.68 Å². The molecule has 0 saturated carbocycles. The summed E-state index contributed by atoms with van der Waals surface area (Å²) in [6, 6.07) is 7.86. The molecule has 0 bridgehead atoms. The molecule has 0 saturated heterocycles. The third-order valence-corrected chi connectivity index (χ3v) is 4.04. The molecule has 3 rings (SSSR count). The van der Waals surface area contributed by atoms with Crippen molar-refractivity contribution >= 4 is 5.97 Å². The topological polar surface area (TPSA) is 58.4 Å². The van der Waals surface area contributed by atoms with Crippen molar-refractivity contribution in [2.45, 2.75) is 18.9 Å². The van der Waals surface area contributed by atoms with E-state index in [0.29, 0.717) is 6.54 Å². The van der Waals surface area contributed by atoms with Crippen LogP contribution in [0.5, 0.6) is 0 Å². The first-order chi connectivity index (χ1) is 10.1. The minimum Gasteiger partial charge on any atom is -0.481 e. The second-order valence-electron chi connectivity index (χ2n) is 5.60. The first-order valence-corrected chi connectivity index (χ1v) is 7.14. The lowest BCUT2D eigenvalue weighted by Crippen LogP contribution is -2.37. The third-order valence-electron chi connectivity index (χ3n) is 4.04. The van der Waals surface area contributed by atoms with Gasteiger partial charge in [0.2, 0.25) is 0 Å². The molecule has 1 aromatic heterocycles. The predicted octanol–water partition coefficient (Wildman–Crippen LogP) is 1.65. The van der Waals surface area contributed by atoms with Crippen LogP contribution < -0.4 is 0 Å². The van der Waals surface area contributed by atoms with Gasteiger partial charge in [0, 0.05) is 32.9 Å². The maximum Gasteiger partial charge on any atom is 0.312 e. The summed E-state index contributed by atoms with van der Waals surface area (Å²) in [4.78, 5) is 13.7. The van der Waals surface area contributed by atoms with Crippen LogP contribution in [0.25, 0.3) is 0 Å². The molecule has 21 heavy (non-hydrogen) atoms. The monoisotopic (exact) mass is 285 g/mol. The molecule has 2 aromatic rings. The number of aromatic nitrogens is 2. The minimum absolute atomic E-state index is 0.427. The lowest BCUT2D eigenvalue weighted by atomic mass is 9.89. The fourth-order valence-corrected chi connectivity index (χ4v) is 2.95. The normalized spacial score (nSPS) is 18.4. The van der Waals surface area contributed by atoms with Crippen molar-refractivity contribution in [3.05, 3.63) is 53.3 Å². The molecule has 1 N–H and O–H groups in total. The van der Waals surface area contributed by atoms with Crippen molar-refractivity contribution in [1.82, 2.24) is 14.7 Å². The zero-order valence-corrected chi connectivity index (χ0v) is 12.1. The number of hydrogen-bond acceptors (Lipinski definition) is 3. The molecule has 5 nitrogen and oxygen atoms in total. The molecular weight excluding hydrogens is 266 g/mol. The second kappa shape index (κ2) is 5.69. The van der Waals surface area contributed by atoms with Crippen LogP contribution in [-0.4, -0.2) is 38.8 Å². The van der Waals surface area contributed by atoms with Gasteiger partial charge in [-0.2, -0.15) is 5.10 Å². The third kappa shape index (κ3) is 2.97. The molecular formula is C16H19N3O2. The van der Waals surface area contributed by atoms with E-state index in [1.807, 2.05) is 43.7 Å². The fourth-order valence-electron chi connectivity index (χ4n) is 2.95. The van der Waals surface area contributed by atoms with Crippen molar-refractivity contribution in [1.29, 1.82) is 0 Å². The predicted molar refractivity (Wildman–Crippen MR) is 79.0 cm³/mol. The molecule has 0 radical (unpaired) electrons. The summed E-state index contributed by atoms with van der Waals surface area (Å²) >= 11 is 0. The number of carboxylic acids is 1. The lowest BCUT2D eigenvalue weighted by Gasteiger charge is -2.32. The Bertz CT molecular complexity index is 650. The number of aryl methyl sites for hydroxylation is 1. The number of hydrogen-bond donors (Lipinski definition) is 1. The van der Waals surface area contributed by atoms with Gasteiger partial charge in [-0.1, -0.05) is 24.3 Å². The first kappa shape index (κ1) is 13.8. The van der Waals surface area contributed by atoms with Crippen molar-refractivity contribution in [2.75, 3.05) is 13.1 Å². The van der Waals surface area contributed by atoms with Crippen LogP contribution in [0, 0.1) is 0 Å². The number of nitrogens with zero attached hydrogens (tertiary/aromatic N) is 3. The summed E-state index contributed by atoms with van der Waals surface area (Å²) in [6.07, 6.45) is 4.77. The molecule has 110 valence electrons. The molecule has 1 aromatic carbocycles. The van der Waals surface area contributed by atoms with E-state index in [9.17, 15) is 9.90 Å². The van der Waals surface area contributed by atoms with E-state index in [1.165, 1.54) is 5.56 Å². The molecule has 0 aliphatic carbocycles. The summed E-state index contributed by atoms with van der Waals surface area (Å²) in [6.45, 7) is 2.25. The van der Waals surface area contributed by atoms with Gasteiger partial charge >= 0.3 is 5.97 Å². The van der Waals surface area contributed by atoms with Crippen LogP contribution in [0.1, 0.15) is 22.6 Å². The Morgan fingerprint density at radius 1 is 1.43 bits per heavy atom. The highest BCUT2D eigenvalue weighted by Gasteiger charge is 2.29. The van der Waals surface area contributed by atoms with E-state index < -0.39 is 11.9 Å². The Morgan fingerprint density at radius 3 is 2.95 bits per heavy atom. The number of benzene rings is 1. The second-order valence-corrected chi connectivity index (χ2v) is 5.60. The Balaban J connectivity index is 1.72. The van der Waals surface area contributed by atoms with Crippen molar-refractivity contribution < 1.29 is 9.90 Å². The molecule has 2 heterocycles. The van der Waals surface area contributed by atoms with Gasteiger partial charge in [-0.3, -0.25) is 14.4 Å². The van der Waals surface area contributed by atoms with Crippen molar-refractivity contribution in [2.24, 2.45) is 7.05 Å². The Morgan fingerprint density at radius 2 is 2.24 bits per heavy atom. The van der Waals surface area contributed by atoms with Crippen LogP contribution in [-0.2, 0) is 24.8 Å². The molecule has 5 heteroatoms. The summed E-state index contributed by atoms with van der Waals surface area (Å²) in [5, 5.41) is 13.6. The molecule has 1 aliphatic rings. The summed E-state index contributed by atoms with van der Waals surface area (Å²) in [5.41, 5.74) is 3.27.